The van der Waals surface area contributed by atoms with Crippen LogP contribution in [0.4, 0.5) is 11.5 Å². The molecule has 0 radical (unpaired) electrons. The minimum Gasteiger partial charge on any atom is -0.393 e. The van der Waals surface area contributed by atoms with Gasteiger partial charge in [0.15, 0.2) is 11.0 Å². The maximum absolute atomic E-state index is 5.83. The van der Waals surface area contributed by atoms with Crippen LogP contribution in [0.15, 0.2) is 6.33 Å². The number of aromatic nitrogens is 2. The number of unbranched alkanes of at least 4 members (excludes halogenated alkanes) is 8. The lowest BCUT2D eigenvalue weighted by Gasteiger charge is -2.08. The van der Waals surface area contributed by atoms with Crippen LogP contribution < -0.4 is 11.1 Å². The van der Waals surface area contributed by atoms with E-state index in [0.29, 0.717) is 16.7 Å². The van der Waals surface area contributed by atoms with Crippen LogP contribution in [0.2, 0.25) is 5.15 Å². The molecule has 4 nitrogen and oxygen atoms in total. The van der Waals surface area contributed by atoms with Gasteiger partial charge in [-0.3, -0.25) is 0 Å². The zero-order valence-corrected chi connectivity index (χ0v) is 13.3. The van der Waals surface area contributed by atoms with Gasteiger partial charge in [0.1, 0.15) is 12.0 Å². The smallest absolute Gasteiger partial charge is 0.157 e. The highest BCUT2D eigenvalue weighted by Crippen LogP contribution is 2.21. The van der Waals surface area contributed by atoms with E-state index in [0.717, 1.165) is 13.0 Å². The van der Waals surface area contributed by atoms with Crippen molar-refractivity contribution in [3.63, 3.8) is 0 Å². The van der Waals surface area contributed by atoms with Crippen LogP contribution in [0.1, 0.15) is 64.7 Å². The SMILES string of the molecule is CCCCCCCCCCCNc1ncnc(Cl)c1N. The molecule has 1 heterocycles. The van der Waals surface area contributed by atoms with Crippen molar-refractivity contribution >= 4 is 23.1 Å². The number of halogens is 1. The van der Waals surface area contributed by atoms with Gasteiger partial charge in [0, 0.05) is 6.54 Å². The van der Waals surface area contributed by atoms with E-state index >= 15 is 0 Å². The second-order valence-electron chi connectivity index (χ2n) is 5.18. The fraction of sp³-hybridized carbons (Fsp3) is 0.733. The van der Waals surface area contributed by atoms with E-state index in [1.54, 1.807) is 0 Å². The van der Waals surface area contributed by atoms with Crippen molar-refractivity contribution in [2.45, 2.75) is 64.7 Å². The number of nitrogen functional groups attached to an aromatic ring is 1. The number of hydrogen-bond acceptors (Lipinski definition) is 4. The quantitative estimate of drug-likeness (QED) is 0.461. The monoisotopic (exact) mass is 298 g/mol. The summed E-state index contributed by atoms with van der Waals surface area (Å²) in [6.07, 6.45) is 13.3. The van der Waals surface area contributed by atoms with Gasteiger partial charge >= 0.3 is 0 Å². The summed E-state index contributed by atoms with van der Waals surface area (Å²) in [4.78, 5) is 7.91. The first-order valence-electron chi connectivity index (χ1n) is 7.75. The Morgan fingerprint density at radius 3 is 2.25 bits per heavy atom. The number of nitrogens with two attached hydrogens (primary N) is 1. The van der Waals surface area contributed by atoms with Gasteiger partial charge in [-0.1, -0.05) is 69.9 Å². The Morgan fingerprint density at radius 2 is 1.60 bits per heavy atom. The first-order valence-corrected chi connectivity index (χ1v) is 8.13. The van der Waals surface area contributed by atoms with Crippen LogP contribution in [0.3, 0.4) is 0 Å². The summed E-state index contributed by atoms with van der Waals surface area (Å²) in [5, 5.41) is 3.53. The molecular formula is C15H27ClN4. The first kappa shape index (κ1) is 17.0. The highest BCUT2D eigenvalue weighted by molar-refractivity contribution is 6.32. The highest BCUT2D eigenvalue weighted by atomic mass is 35.5. The number of anilines is 2. The Labute approximate surface area is 127 Å². The molecular weight excluding hydrogens is 272 g/mol. The zero-order chi connectivity index (χ0) is 14.6. The molecule has 0 aliphatic heterocycles. The molecule has 0 unspecified atom stereocenters. The maximum Gasteiger partial charge on any atom is 0.157 e. The van der Waals surface area contributed by atoms with E-state index in [-0.39, 0.29) is 0 Å². The fourth-order valence-electron chi connectivity index (χ4n) is 2.16. The molecule has 20 heavy (non-hydrogen) atoms. The normalized spacial score (nSPS) is 10.7. The highest BCUT2D eigenvalue weighted by Gasteiger charge is 2.04. The minimum atomic E-state index is 0.314. The summed E-state index contributed by atoms with van der Waals surface area (Å²) < 4.78 is 0. The molecule has 0 amide bonds. The van der Waals surface area contributed by atoms with E-state index in [4.69, 9.17) is 17.3 Å². The van der Waals surface area contributed by atoms with Gasteiger partial charge in [-0.2, -0.15) is 0 Å². The summed E-state index contributed by atoms with van der Waals surface area (Å²) in [5.41, 5.74) is 6.22. The van der Waals surface area contributed by atoms with Gasteiger partial charge < -0.3 is 11.1 Å². The van der Waals surface area contributed by atoms with Crippen LogP contribution in [0.5, 0.6) is 0 Å². The average Bonchev–Trinajstić information content (AvgIpc) is 2.45. The molecule has 0 atom stereocenters. The van der Waals surface area contributed by atoms with Crippen LogP contribution in [-0.2, 0) is 0 Å². The van der Waals surface area contributed by atoms with Gasteiger partial charge in [0.25, 0.3) is 0 Å². The lowest BCUT2D eigenvalue weighted by molar-refractivity contribution is 0.569. The molecule has 1 aromatic heterocycles. The number of nitrogens with one attached hydrogen (secondary N) is 1. The number of rotatable bonds is 11. The molecule has 5 heteroatoms. The van der Waals surface area contributed by atoms with E-state index in [9.17, 15) is 0 Å². The summed E-state index contributed by atoms with van der Waals surface area (Å²) in [7, 11) is 0. The van der Waals surface area contributed by atoms with E-state index < -0.39 is 0 Å². The summed E-state index contributed by atoms with van der Waals surface area (Å²) in [5.74, 6) is 0.643. The van der Waals surface area contributed by atoms with Gasteiger partial charge in [0.2, 0.25) is 0 Å². The zero-order valence-electron chi connectivity index (χ0n) is 12.5. The Bertz CT molecular complexity index is 371. The molecule has 0 bridgehead atoms. The van der Waals surface area contributed by atoms with E-state index in [1.807, 2.05) is 0 Å². The topological polar surface area (TPSA) is 63.8 Å². The van der Waals surface area contributed by atoms with Crippen LogP contribution in [0, 0.1) is 0 Å². The molecule has 1 aromatic rings. The molecule has 0 fully saturated rings. The van der Waals surface area contributed by atoms with E-state index in [2.05, 4.69) is 22.2 Å². The molecule has 1 rings (SSSR count). The van der Waals surface area contributed by atoms with Crippen molar-refractivity contribution in [2.75, 3.05) is 17.6 Å². The van der Waals surface area contributed by atoms with Crippen molar-refractivity contribution in [2.24, 2.45) is 0 Å². The lowest BCUT2D eigenvalue weighted by atomic mass is 10.1. The van der Waals surface area contributed by atoms with Crippen molar-refractivity contribution in [3.8, 4) is 0 Å². The first-order chi connectivity index (χ1) is 9.75. The average molecular weight is 299 g/mol. The number of hydrogen-bond donors (Lipinski definition) is 2. The largest absolute Gasteiger partial charge is 0.393 e. The molecule has 0 aliphatic carbocycles. The Kier molecular flexibility index (Phi) is 9.13. The third kappa shape index (κ3) is 6.94. The Morgan fingerprint density at radius 1 is 1.00 bits per heavy atom. The summed E-state index contributed by atoms with van der Waals surface area (Å²) in [6, 6.07) is 0. The van der Waals surface area contributed by atoms with Crippen molar-refractivity contribution < 1.29 is 0 Å². The van der Waals surface area contributed by atoms with E-state index in [1.165, 1.54) is 57.7 Å². The third-order valence-electron chi connectivity index (χ3n) is 3.41. The fourth-order valence-corrected chi connectivity index (χ4v) is 2.29. The van der Waals surface area contributed by atoms with Crippen LogP contribution >= 0.6 is 11.6 Å². The van der Waals surface area contributed by atoms with Gasteiger partial charge in [-0.15, -0.1) is 0 Å². The molecule has 114 valence electrons. The number of nitrogens with zero attached hydrogens (tertiary/aromatic N) is 2. The molecule has 0 aromatic carbocycles. The van der Waals surface area contributed by atoms with Crippen molar-refractivity contribution in [3.05, 3.63) is 11.5 Å². The van der Waals surface area contributed by atoms with Gasteiger partial charge in [-0.05, 0) is 6.42 Å². The molecule has 0 spiro atoms. The van der Waals surface area contributed by atoms with Crippen molar-refractivity contribution in [1.82, 2.24) is 9.97 Å². The molecule has 0 aliphatic rings. The minimum absolute atomic E-state index is 0.314. The van der Waals surface area contributed by atoms with Gasteiger partial charge in [0.05, 0.1) is 0 Å². The van der Waals surface area contributed by atoms with Crippen LogP contribution in [0.25, 0.3) is 0 Å². The predicted octanol–water partition coefficient (Wildman–Crippen LogP) is 4.65. The Hall–Kier alpha value is -1.03. The maximum atomic E-state index is 5.83. The summed E-state index contributed by atoms with van der Waals surface area (Å²) >= 11 is 5.83. The van der Waals surface area contributed by atoms with Crippen molar-refractivity contribution in [1.29, 1.82) is 0 Å². The predicted molar refractivity (Wildman–Crippen MR) is 87.2 cm³/mol. The molecule has 3 N–H and O–H groups in total. The molecule has 0 saturated heterocycles. The summed E-state index contributed by atoms with van der Waals surface area (Å²) in [6.45, 7) is 3.14. The Balaban J connectivity index is 1.98. The van der Waals surface area contributed by atoms with Crippen LogP contribution in [-0.4, -0.2) is 16.5 Å². The second kappa shape index (κ2) is 10.7. The second-order valence-corrected chi connectivity index (χ2v) is 5.54. The van der Waals surface area contributed by atoms with Gasteiger partial charge in [-0.25, -0.2) is 9.97 Å². The molecule has 0 saturated carbocycles. The standard InChI is InChI=1S/C15H27ClN4/c1-2-3-4-5-6-7-8-9-10-11-18-15-13(17)14(16)19-12-20-15/h12H,2-11,17H2,1H3,(H,18,19,20). The third-order valence-corrected chi connectivity index (χ3v) is 3.71. The lowest BCUT2D eigenvalue weighted by Crippen LogP contribution is -2.07.